The van der Waals surface area contributed by atoms with Crippen molar-refractivity contribution in [2.75, 3.05) is 19.9 Å². The Labute approximate surface area is 158 Å². The van der Waals surface area contributed by atoms with Crippen LogP contribution in [0.1, 0.15) is 35.4 Å². The van der Waals surface area contributed by atoms with E-state index in [0.717, 1.165) is 35.8 Å². The van der Waals surface area contributed by atoms with E-state index in [9.17, 15) is 9.90 Å². The Hall–Kier alpha value is -2.54. The lowest BCUT2D eigenvalue weighted by Crippen LogP contribution is -2.23. The number of likely N-dealkylation sites (tertiary alicyclic amines) is 1. The van der Waals surface area contributed by atoms with Gasteiger partial charge in [-0.15, -0.1) is 0 Å². The molecule has 4 rings (SSSR count). The molecule has 2 aliphatic rings. The van der Waals surface area contributed by atoms with Crippen molar-refractivity contribution in [3.05, 3.63) is 40.7 Å². The first-order chi connectivity index (χ1) is 13.0. The summed E-state index contributed by atoms with van der Waals surface area (Å²) in [6.07, 6.45) is 0. The van der Waals surface area contributed by atoms with Crippen LogP contribution in [0.4, 0.5) is 0 Å². The predicted molar refractivity (Wildman–Crippen MR) is 99.1 cm³/mol. The average Bonchev–Trinajstić information content (AvgIpc) is 3.34. The van der Waals surface area contributed by atoms with Crippen molar-refractivity contribution >= 4 is 5.97 Å². The van der Waals surface area contributed by atoms with E-state index in [0.29, 0.717) is 18.8 Å². The molecule has 1 saturated heterocycles. The van der Waals surface area contributed by atoms with E-state index in [1.165, 1.54) is 5.56 Å². The number of aliphatic carboxylic acids is 1. The van der Waals surface area contributed by atoms with Gasteiger partial charge < -0.3 is 14.6 Å². The van der Waals surface area contributed by atoms with Gasteiger partial charge in [0, 0.05) is 43.4 Å². The highest BCUT2D eigenvalue weighted by Crippen LogP contribution is 2.39. The Morgan fingerprint density at radius 1 is 1.26 bits per heavy atom. The molecule has 1 N–H and O–H groups in total. The van der Waals surface area contributed by atoms with Crippen LogP contribution in [-0.4, -0.2) is 45.6 Å². The minimum atomic E-state index is -0.752. The van der Waals surface area contributed by atoms with Gasteiger partial charge in [-0.1, -0.05) is 6.07 Å². The molecule has 144 valence electrons. The van der Waals surface area contributed by atoms with Crippen LogP contribution in [0.3, 0.4) is 0 Å². The van der Waals surface area contributed by atoms with Crippen molar-refractivity contribution in [3.8, 4) is 11.5 Å². The van der Waals surface area contributed by atoms with Crippen molar-refractivity contribution in [2.45, 2.75) is 39.8 Å². The Morgan fingerprint density at radius 3 is 2.74 bits per heavy atom. The Balaban J connectivity index is 1.57. The number of carboxylic acids is 1. The zero-order chi connectivity index (χ0) is 19.1. The van der Waals surface area contributed by atoms with E-state index in [-0.39, 0.29) is 12.7 Å². The zero-order valence-electron chi connectivity index (χ0n) is 15.9. The van der Waals surface area contributed by atoms with Crippen LogP contribution in [0.25, 0.3) is 0 Å². The summed E-state index contributed by atoms with van der Waals surface area (Å²) < 4.78 is 12.8. The lowest BCUT2D eigenvalue weighted by Gasteiger charge is -2.17. The number of carbonyl (C=O) groups is 1. The predicted octanol–water partition coefficient (Wildman–Crippen LogP) is 2.55. The summed E-state index contributed by atoms with van der Waals surface area (Å²) in [5.41, 5.74) is 4.38. The highest BCUT2D eigenvalue weighted by atomic mass is 16.7. The lowest BCUT2D eigenvalue weighted by molar-refractivity contribution is -0.141. The molecule has 2 aliphatic heterocycles. The molecule has 0 saturated carbocycles. The maximum atomic E-state index is 11.9. The number of hydrogen-bond donors (Lipinski definition) is 1. The van der Waals surface area contributed by atoms with Gasteiger partial charge in [0.25, 0.3) is 0 Å². The Kier molecular flexibility index (Phi) is 4.55. The topological polar surface area (TPSA) is 76.8 Å². The molecule has 1 fully saturated rings. The number of nitrogens with zero attached hydrogens (tertiary/aromatic N) is 3. The second-order valence-electron chi connectivity index (χ2n) is 7.32. The second kappa shape index (κ2) is 6.88. The molecule has 7 heteroatoms. The number of hydrogen-bond acceptors (Lipinski definition) is 5. The largest absolute Gasteiger partial charge is 0.481 e. The first-order valence-corrected chi connectivity index (χ1v) is 9.35. The number of fused-ring (bicyclic) bond motifs is 1. The fraction of sp³-hybridized carbons (Fsp3) is 0.500. The van der Waals surface area contributed by atoms with Gasteiger partial charge in [-0.3, -0.25) is 14.4 Å². The maximum Gasteiger partial charge on any atom is 0.308 e. The first-order valence-electron chi connectivity index (χ1n) is 9.35. The third kappa shape index (κ3) is 3.16. The molecule has 0 amide bonds. The highest BCUT2D eigenvalue weighted by Gasteiger charge is 2.39. The van der Waals surface area contributed by atoms with Gasteiger partial charge in [-0.25, -0.2) is 0 Å². The smallest absolute Gasteiger partial charge is 0.308 e. The monoisotopic (exact) mass is 371 g/mol. The van der Waals surface area contributed by atoms with Crippen LogP contribution in [-0.2, 0) is 17.9 Å². The molecule has 1 aromatic heterocycles. The summed E-state index contributed by atoms with van der Waals surface area (Å²) in [6.45, 7) is 9.20. The number of ether oxygens (including phenoxy) is 2. The van der Waals surface area contributed by atoms with Gasteiger partial charge >= 0.3 is 5.97 Å². The van der Waals surface area contributed by atoms with Crippen molar-refractivity contribution in [3.63, 3.8) is 0 Å². The summed E-state index contributed by atoms with van der Waals surface area (Å²) in [6, 6.07) is 5.76. The molecule has 27 heavy (non-hydrogen) atoms. The fourth-order valence-corrected chi connectivity index (χ4v) is 4.24. The van der Waals surface area contributed by atoms with E-state index < -0.39 is 11.9 Å². The molecule has 2 aromatic rings. The maximum absolute atomic E-state index is 11.9. The summed E-state index contributed by atoms with van der Waals surface area (Å²) in [4.78, 5) is 14.1. The van der Waals surface area contributed by atoms with Crippen molar-refractivity contribution in [1.82, 2.24) is 14.7 Å². The van der Waals surface area contributed by atoms with Gasteiger partial charge in [0.15, 0.2) is 11.5 Å². The second-order valence-corrected chi connectivity index (χ2v) is 7.32. The Morgan fingerprint density at radius 2 is 2.04 bits per heavy atom. The number of benzene rings is 1. The first kappa shape index (κ1) is 17.9. The molecule has 0 aliphatic carbocycles. The fourth-order valence-electron chi connectivity index (χ4n) is 4.24. The molecule has 0 unspecified atom stereocenters. The van der Waals surface area contributed by atoms with Crippen molar-refractivity contribution < 1.29 is 19.4 Å². The number of aromatic nitrogens is 2. The lowest BCUT2D eigenvalue weighted by atomic mass is 9.89. The number of aryl methyl sites for hydroxylation is 2. The van der Waals surface area contributed by atoms with E-state index in [4.69, 9.17) is 9.47 Å². The van der Waals surface area contributed by atoms with Gasteiger partial charge in [0.05, 0.1) is 11.6 Å². The van der Waals surface area contributed by atoms with Gasteiger partial charge in [-0.2, -0.15) is 5.10 Å². The van der Waals surface area contributed by atoms with E-state index in [1.54, 1.807) is 0 Å². The van der Waals surface area contributed by atoms with Gasteiger partial charge in [-0.05, 0) is 38.5 Å². The normalized spacial score (nSPS) is 21.7. The van der Waals surface area contributed by atoms with E-state index in [2.05, 4.69) is 23.8 Å². The molecule has 2 atom stereocenters. The summed E-state index contributed by atoms with van der Waals surface area (Å²) >= 11 is 0. The minimum Gasteiger partial charge on any atom is -0.481 e. The van der Waals surface area contributed by atoms with Crippen molar-refractivity contribution in [2.24, 2.45) is 5.92 Å². The molecule has 0 radical (unpaired) electrons. The molecule has 0 bridgehead atoms. The highest BCUT2D eigenvalue weighted by molar-refractivity contribution is 5.72. The molecular formula is C20H25N3O4. The molecule has 7 nitrogen and oxygen atoms in total. The summed E-state index contributed by atoms with van der Waals surface area (Å²) in [5, 5.41) is 14.4. The van der Waals surface area contributed by atoms with Gasteiger partial charge in [0.1, 0.15) is 0 Å². The summed E-state index contributed by atoms with van der Waals surface area (Å²) in [5.74, 6) is 0.161. The van der Waals surface area contributed by atoms with Crippen molar-refractivity contribution in [1.29, 1.82) is 0 Å². The van der Waals surface area contributed by atoms with Crippen LogP contribution < -0.4 is 9.47 Å². The van der Waals surface area contributed by atoms with Crippen LogP contribution in [0.2, 0.25) is 0 Å². The van der Waals surface area contributed by atoms with Crippen LogP contribution >= 0.6 is 0 Å². The molecule has 1 aromatic carbocycles. The molecule has 0 spiro atoms. The average molecular weight is 371 g/mol. The van der Waals surface area contributed by atoms with Crippen LogP contribution in [0.5, 0.6) is 11.5 Å². The van der Waals surface area contributed by atoms with Crippen LogP contribution in [0, 0.1) is 19.8 Å². The van der Waals surface area contributed by atoms with Gasteiger partial charge in [0.2, 0.25) is 6.79 Å². The molecular weight excluding hydrogens is 346 g/mol. The zero-order valence-corrected chi connectivity index (χ0v) is 15.9. The quantitative estimate of drug-likeness (QED) is 0.870. The SMILES string of the molecule is CCn1nc(C)c(CN2C[C@@H](C(=O)O)[C@H](c3ccc4c(c3)OCO4)C2)c1C. The van der Waals surface area contributed by atoms with E-state index >= 15 is 0 Å². The third-order valence-corrected chi connectivity index (χ3v) is 5.75. The standard InChI is InChI=1S/C20H25N3O4/c1-4-23-13(3)15(12(2)21-23)8-22-9-16(17(10-22)20(24)25)14-5-6-18-19(7-14)27-11-26-18/h5-7,16-17H,4,8-11H2,1-3H3,(H,24,25)/t16-,17+/m0/s1. The summed E-state index contributed by atoms with van der Waals surface area (Å²) in [7, 11) is 0. The molecule has 3 heterocycles. The third-order valence-electron chi connectivity index (χ3n) is 5.75. The van der Waals surface area contributed by atoms with E-state index in [1.807, 2.05) is 29.8 Å². The minimum absolute atomic E-state index is 0.0705. The number of rotatable bonds is 5. The Bertz CT molecular complexity index is 876. The van der Waals surface area contributed by atoms with Crippen LogP contribution in [0.15, 0.2) is 18.2 Å². The number of carboxylic acid groups (broad SMARTS) is 1.